The van der Waals surface area contributed by atoms with Crippen LogP contribution < -0.4 is 92.5 Å². The topological polar surface area (TPSA) is 416 Å². The van der Waals surface area contributed by atoms with Gasteiger partial charge < -0.3 is 97.2 Å². The minimum absolute atomic E-state index is 0.0358. The Balaban J connectivity index is 1.36. The number of unbranched alkanes of at least 4 members (excludes halogenated alkanes) is 1. The Morgan fingerprint density at radius 3 is 1.69 bits per heavy atom. The number of amides is 7. The van der Waals surface area contributed by atoms with Gasteiger partial charge in [0.25, 0.3) is 0 Å². The number of anilines is 2. The number of hydrogen-bond acceptors (Lipinski definition) is 17. The molecule has 2 unspecified atom stereocenters. The zero-order chi connectivity index (χ0) is 63.8. The fourth-order valence-corrected chi connectivity index (χ4v) is 9.75. The molecule has 0 spiro atoms. The van der Waals surface area contributed by atoms with Crippen LogP contribution in [-0.2, 0) is 38.3 Å². The molecule has 1 saturated heterocycles. The number of carbonyl (C=O) groups excluding carboxylic acids is 7. The second-order valence-electron chi connectivity index (χ2n) is 23.9. The standard InChI is InChI=1S/C60H106N18O8/c1-9-71-54(84)48(16-14-26-73-56(64)65)75-55(85)47(66-8)15-10-11-25-72-53(83)33-58(6,7)86-40-57(4,5)76-50(80)18-13-20-52(82)78-60(35-62)38-69-29-27-67-36-59(34-61,37-68-28-30-70-39-60)77-51(81)19-12-17-49(79)74-46-24-22-44(32-42(46)3)43-21-23-45(63)41(2)31-43/h21-24,31-32,47-48,66-70H,9-20,25-30,33-40,61-63H2,1-8H3,(H,71,84)(H,72,83)(H,74,79)(H,75,85)(H,76,80)(H,77,81)(H,78,82)(H4,64,65,73). The molecule has 2 atom stereocenters. The van der Waals surface area contributed by atoms with E-state index in [1.54, 1.807) is 14.0 Å². The van der Waals surface area contributed by atoms with Crippen LogP contribution in [0.25, 0.3) is 11.1 Å². The van der Waals surface area contributed by atoms with Crippen molar-refractivity contribution in [2.45, 2.75) is 160 Å². The van der Waals surface area contributed by atoms with Crippen LogP contribution in [0, 0.1) is 13.8 Å². The van der Waals surface area contributed by atoms with Crippen molar-refractivity contribution >= 4 is 58.7 Å². The molecule has 484 valence electrons. The molecule has 26 heteroatoms. The maximum Gasteiger partial charge on any atom is 0.242 e. The summed E-state index contributed by atoms with van der Waals surface area (Å²) in [5.74, 6) is -1.66. The number of guanidine groups is 1. The molecule has 1 aliphatic heterocycles. The number of likely N-dealkylation sites (N-methyl/N-ethyl adjacent to an activating group) is 2. The van der Waals surface area contributed by atoms with Gasteiger partial charge in [0.2, 0.25) is 41.4 Å². The summed E-state index contributed by atoms with van der Waals surface area (Å²) in [6.07, 6.45) is 3.90. The molecule has 2 aromatic carbocycles. The van der Waals surface area contributed by atoms with Gasteiger partial charge in [0.15, 0.2) is 5.96 Å². The Labute approximate surface area is 509 Å². The average Bonchev–Trinajstić information content (AvgIpc) is 3.57. The first-order chi connectivity index (χ1) is 40.8. The number of aryl methyl sites for hydroxylation is 2. The number of benzene rings is 2. The van der Waals surface area contributed by atoms with Gasteiger partial charge in [-0.15, -0.1) is 0 Å². The smallest absolute Gasteiger partial charge is 0.242 e. The summed E-state index contributed by atoms with van der Waals surface area (Å²) in [7, 11) is 1.68. The van der Waals surface area contributed by atoms with Gasteiger partial charge in [0.1, 0.15) is 6.04 Å². The summed E-state index contributed by atoms with van der Waals surface area (Å²) >= 11 is 0. The van der Waals surface area contributed by atoms with Crippen LogP contribution in [0.5, 0.6) is 0 Å². The van der Waals surface area contributed by atoms with Crippen LogP contribution in [0.4, 0.5) is 11.4 Å². The van der Waals surface area contributed by atoms with Crippen LogP contribution in [0.15, 0.2) is 41.4 Å². The van der Waals surface area contributed by atoms with Gasteiger partial charge in [-0.1, -0.05) is 12.1 Å². The lowest BCUT2D eigenvalue weighted by molar-refractivity contribution is -0.131. The summed E-state index contributed by atoms with van der Waals surface area (Å²) in [5, 5.41) is 37.5. The highest BCUT2D eigenvalue weighted by atomic mass is 16.5. The van der Waals surface area contributed by atoms with Crippen LogP contribution in [0.3, 0.4) is 0 Å². The second-order valence-corrected chi connectivity index (χ2v) is 23.9. The summed E-state index contributed by atoms with van der Waals surface area (Å²) < 4.78 is 6.16. The molecular formula is C60H106N18O8. The van der Waals surface area contributed by atoms with E-state index in [0.717, 1.165) is 33.6 Å². The van der Waals surface area contributed by atoms with Gasteiger partial charge in [0, 0.05) is 122 Å². The predicted molar refractivity (Wildman–Crippen MR) is 341 cm³/mol. The van der Waals surface area contributed by atoms with Crippen LogP contribution in [0.1, 0.15) is 123 Å². The molecule has 3 rings (SSSR count). The van der Waals surface area contributed by atoms with E-state index in [2.05, 4.69) is 68.8 Å². The van der Waals surface area contributed by atoms with Gasteiger partial charge in [-0.2, -0.15) is 0 Å². The van der Waals surface area contributed by atoms with E-state index in [9.17, 15) is 33.6 Å². The van der Waals surface area contributed by atoms with E-state index in [1.165, 1.54) is 0 Å². The third kappa shape index (κ3) is 28.3. The molecule has 1 heterocycles. The van der Waals surface area contributed by atoms with Crippen molar-refractivity contribution in [2.75, 3.05) is 110 Å². The first kappa shape index (κ1) is 73.7. The molecule has 0 radical (unpaired) electrons. The maximum absolute atomic E-state index is 13.4. The quantitative estimate of drug-likeness (QED) is 0.0181. The van der Waals surface area contributed by atoms with E-state index in [0.29, 0.717) is 117 Å². The van der Waals surface area contributed by atoms with Gasteiger partial charge in [-0.05, 0) is 147 Å². The third-order valence-electron chi connectivity index (χ3n) is 14.8. The van der Waals surface area contributed by atoms with Gasteiger partial charge in [-0.3, -0.25) is 38.6 Å². The number of hydrogen-bond donors (Lipinski definition) is 17. The lowest BCUT2D eigenvalue weighted by Gasteiger charge is -2.36. The van der Waals surface area contributed by atoms with Crippen LogP contribution in [0.2, 0.25) is 0 Å². The maximum atomic E-state index is 13.4. The molecule has 26 nitrogen and oxygen atoms in total. The summed E-state index contributed by atoms with van der Waals surface area (Å²) in [6, 6.07) is 10.5. The summed E-state index contributed by atoms with van der Waals surface area (Å²) in [4.78, 5) is 95.4. The Morgan fingerprint density at radius 2 is 1.17 bits per heavy atom. The minimum Gasteiger partial charge on any atom is -0.399 e. The molecule has 86 heavy (non-hydrogen) atoms. The Kier molecular flexibility index (Phi) is 32.5. The summed E-state index contributed by atoms with van der Waals surface area (Å²) in [5.41, 5.74) is 31.7. The zero-order valence-electron chi connectivity index (χ0n) is 52.6. The highest BCUT2D eigenvalue weighted by Crippen LogP contribution is 2.28. The molecule has 7 amide bonds. The van der Waals surface area contributed by atoms with Gasteiger partial charge in [0.05, 0.1) is 41.3 Å². The number of nitrogens with zero attached hydrogens (tertiary/aromatic N) is 1. The largest absolute Gasteiger partial charge is 0.399 e. The molecule has 0 aliphatic carbocycles. The van der Waals surface area contributed by atoms with E-state index in [-0.39, 0.29) is 99.1 Å². The Morgan fingerprint density at radius 1 is 0.651 bits per heavy atom. The van der Waals surface area contributed by atoms with Crippen molar-refractivity contribution in [3.63, 3.8) is 0 Å². The molecular weight excluding hydrogens is 1100 g/mol. The van der Waals surface area contributed by atoms with Gasteiger partial charge in [-0.25, -0.2) is 0 Å². The lowest BCUT2D eigenvalue weighted by atomic mass is 9.97. The molecule has 2 aromatic rings. The van der Waals surface area contributed by atoms with Crippen molar-refractivity contribution < 1.29 is 38.3 Å². The number of aliphatic imine (C=N–C) groups is 1. The number of carbonyl (C=O) groups is 7. The van der Waals surface area contributed by atoms with Crippen LogP contribution >= 0.6 is 0 Å². The predicted octanol–water partition coefficient (Wildman–Crippen LogP) is -0.540. The number of nitrogens with two attached hydrogens (primary N) is 5. The second kappa shape index (κ2) is 37.9. The molecule has 0 saturated carbocycles. The number of ether oxygens (including phenoxy) is 1. The first-order valence-electron chi connectivity index (χ1n) is 30.4. The first-order valence-corrected chi connectivity index (χ1v) is 30.4. The van der Waals surface area contributed by atoms with E-state index in [1.807, 2.05) is 77.9 Å². The minimum atomic E-state index is -0.846. The van der Waals surface area contributed by atoms with Crippen molar-refractivity contribution in [1.82, 2.24) is 58.5 Å². The van der Waals surface area contributed by atoms with Crippen LogP contribution in [-0.4, -0.2) is 180 Å². The van der Waals surface area contributed by atoms with Gasteiger partial charge >= 0.3 is 0 Å². The lowest BCUT2D eigenvalue weighted by Crippen LogP contribution is -2.66. The SMILES string of the molecule is CCNC(=O)C(CCCN=C(N)N)NC(=O)C(CCCCNC(=O)CC(C)(C)OCC(C)(C)NC(=O)CCCC(=O)NC1(CN)CNCCNCC(CN)(NC(=O)CCCC(=O)Nc2ccc(-c3ccc(N)c(C)c3)cc2C)CNCCNC1)NC. The highest BCUT2D eigenvalue weighted by Gasteiger charge is 2.33. The summed E-state index contributed by atoms with van der Waals surface area (Å²) in [6.45, 7) is 18.3. The fourth-order valence-electron chi connectivity index (χ4n) is 9.75. The van der Waals surface area contributed by atoms with Crippen molar-refractivity contribution in [2.24, 2.45) is 27.9 Å². The molecule has 1 fully saturated rings. The zero-order valence-corrected chi connectivity index (χ0v) is 52.6. The normalized spacial score (nSPS) is 17.8. The monoisotopic (exact) mass is 1210 g/mol. The van der Waals surface area contributed by atoms with E-state index in [4.69, 9.17) is 33.4 Å². The number of nitrogens with one attached hydrogen (secondary N) is 12. The fraction of sp³-hybridized carbons (Fsp3) is 0.667. The highest BCUT2D eigenvalue weighted by molar-refractivity contribution is 5.92. The third-order valence-corrected chi connectivity index (χ3v) is 14.8. The van der Waals surface area contributed by atoms with E-state index >= 15 is 0 Å². The van der Waals surface area contributed by atoms with Crippen molar-refractivity contribution in [3.05, 3.63) is 47.5 Å². The molecule has 0 aromatic heterocycles. The number of nitrogen functional groups attached to an aromatic ring is 1. The molecule has 0 bridgehead atoms. The Hall–Kier alpha value is -6.52. The number of rotatable bonds is 34. The molecule has 22 N–H and O–H groups in total. The Bertz CT molecular complexity index is 2490. The van der Waals surface area contributed by atoms with Crippen molar-refractivity contribution in [3.8, 4) is 11.1 Å². The molecule has 1 aliphatic rings. The van der Waals surface area contributed by atoms with Crippen molar-refractivity contribution in [1.29, 1.82) is 0 Å². The average molecular weight is 1210 g/mol. The van der Waals surface area contributed by atoms with E-state index < -0.39 is 34.3 Å².